The van der Waals surface area contributed by atoms with Crippen molar-refractivity contribution in [1.29, 1.82) is 0 Å². The predicted octanol–water partition coefficient (Wildman–Crippen LogP) is 3.51. The monoisotopic (exact) mass is 259 g/mol. The van der Waals surface area contributed by atoms with Crippen LogP contribution in [0.15, 0.2) is 10.3 Å². The molecule has 0 unspecified atom stereocenters. The maximum Gasteiger partial charge on any atom is 0.199 e. The lowest BCUT2D eigenvalue weighted by atomic mass is 10.3. The first kappa shape index (κ1) is 12.8. The molecule has 0 aromatic carbocycles. The molecule has 0 saturated heterocycles. The number of hydrogen-bond acceptors (Lipinski definition) is 5. The van der Waals surface area contributed by atoms with Crippen LogP contribution in [0.5, 0.6) is 0 Å². The fraction of sp³-hybridized carbons (Fsp3) is 0.400. The van der Waals surface area contributed by atoms with E-state index >= 15 is 0 Å². The van der Waals surface area contributed by atoms with Gasteiger partial charge in [-0.05, 0) is 26.4 Å². The van der Waals surface area contributed by atoms with Gasteiger partial charge in [0, 0.05) is 10.3 Å². The Morgan fingerprint density at radius 3 is 2.33 bits per heavy atom. The van der Waals surface area contributed by atoms with E-state index < -0.39 is 0 Å². The molecular formula is C10H13NOS3. The minimum absolute atomic E-state index is 0.0665. The van der Waals surface area contributed by atoms with Gasteiger partial charge >= 0.3 is 0 Å². The van der Waals surface area contributed by atoms with Crippen molar-refractivity contribution in [1.82, 2.24) is 4.98 Å². The summed E-state index contributed by atoms with van der Waals surface area (Å²) >= 11 is 4.65. The maximum atomic E-state index is 11.9. The molecule has 0 bridgehead atoms. The Hall–Kier alpha value is -0.260. The van der Waals surface area contributed by atoms with Gasteiger partial charge in [0.05, 0.1) is 15.6 Å². The fourth-order valence-corrected chi connectivity index (χ4v) is 3.08. The van der Waals surface area contributed by atoms with Crippen molar-refractivity contribution >= 4 is 40.6 Å². The summed E-state index contributed by atoms with van der Waals surface area (Å²) < 4.78 is 1.03. The van der Waals surface area contributed by atoms with Crippen LogP contribution in [-0.4, -0.2) is 23.3 Å². The number of aromatic nitrogens is 1. The normalized spacial score (nSPS) is 10.1. The molecule has 0 fully saturated rings. The zero-order valence-corrected chi connectivity index (χ0v) is 11.6. The molecule has 2 nitrogen and oxygen atoms in total. The molecular weight excluding hydrogens is 246 g/mol. The molecule has 0 spiro atoms. The highest BCUT2D eigenvalue weighted by Gasteiger charge is 2.12. The van der Waals surface area contributed by atoms with E-state index in [0.717, 1.165) is 19.8 Å². The number of carbonyl (C=O) groups excluding carboxylic acids is 1. The highest BCUT2D eigenvalue weighted by atomic mass is 32.2. The second-order valence-corrected chi connectivity index (χ2v) is 6.04. The van der Waals surface area contributed by atoms with Crippen molar-refractivity contribution < 1.29 is 4.79 Å². The average Bonchev–Trinajstić information content (AvgIpc) is 2.54. The Bertz CT molecular complexity index is 389. The van der Waals surface area contributed by atoms with Crippen LogP contribution in [0.25, 0.3) is 0 Å². The summed E-state index contributed by atoms with van der Waals surface area (Å²) in [6.07, 6.45) is 5.63. The van der Waals surface area contributed by atoms with Gasteiger partial charge < -0.3 is 0 Å². The molecule has 0 aliphatic heterocycles. The van der Waals surface area contributed by atoms with Crippen LogP contribution in [0, 0.1) is 13.8 Å². The van der Waals surface area contributed by atoms with E-state index in [2.05, 4.69) is 4.98 Å². The molecule has 0 aliphatic carbocycles. The summed E-state index contributed by atoms with van der Waals surface area (Å²) in [7, 11) is 0. The second kappa shape index (κ2) is 5.72. The summed E-state index contributed by atoms with van der Waals surface area (Å²) in [5, 5.41) is 0.944. The predicted molar refractivity (Wildman–Crippen MR) is 71.0 cm³/mol. The average molecular weight is 259 g/mol. The summed E-state index contributed by atoms with van der Waals surface area (Å²) in [5.74, 6) is 0.0665. The van der Waals surface area contributed by atoms with Gasteiger partial charge in [0.25, 0.3) is 0 Å². The zero-order valence-electron chi connectivity index (χ0n) is 9.16. The molecule has 0 radical (unpaired) electrons. The first-order valence-electron chi connectivity index (χ1n) is 4.36. The third-order valence-electron chi connectivity index (χ3n) is 1.78. The van der Waals surface area contributed by atoms with Gasteiger partial charge in [-0.15, -0.1) is 34.9 Å². The number of thioether (sulfide) groups is 2. The van der Waals surface area contributed by atoms with Crippen LogP contribution < -0.4 is 0 Å². The number of ketones is 1. The van der Waals surface area contributed by atoms with Gasteiger partial charge in [-0.3, -0.25) is 4.79 Å². The molecule has 0 aliphatic rings. The van der Waals surface area contributed by atoms with E-state index in [4.69, 9.17) is 0 Å². The van der Waals surface area contributed by atoms with Gasteiger partial charge in [-0.2, -0.15) is 0 Å². The Morgan fingerprint density at radius 1 is 1.33 bits per heavy atom. The number of nitrogens with zero attached hydrogens (tertiary/aromatic N) is 1. The Balaban J connectivity index is 2.95. The minimum atomic E-state index is 0.0665. The summed E-state index contributed by atoms with van der Waals surface area (Å²) in [6, 6.07) is 0. The molecule has 0 N–H and O–H groups in total. The smallest absolute Gasteiger partial charge is 0.199 e. The van der Waals surface area contributed by atoms with Gasteiger partial charge in [0.2, 0.25) is 0 Å². The lowest BCUT2D eigenvalue weighted by Gasteiger charge is -1.97. The zero-order chi connectivity index (χ0) is 11.4. The number of aryl methyl sites for hydroxylation is 2. The Morgan fingerprint density at radius 2 is 1.93 bits per heavy atom. The first-order chi connectivity index (χ1) is 7.08. The van der Waals surface area contributed by atoms with Gasteiger partial charge in [0.1, 0.15) is 0 Å². The highest BCUT2D eigenvalue weighted by Crippen LogP contribution is 2.25. The first-order valence-corrected chi connectivity index (χ1v) is 7.63. The van der Waals surface area contributed by atoms with Crippen molar-refractivity contribution in [3.8, 4) is 0 Å². The number of thiazole rings is 1. The maximum absolute atomic E-state index is 11.9. The lowest BCUT2D eigenvalue weighted by Crippen LogP contribution is -1.94. The molecule has 1 heterocycles. The quantitative estimate of drug-likeness (QED) is 0.611. The van der Waals surface area contributed by atoms with E-state index in [9.17, 15) is 4.79 Å². The molecule has 0 saturated carbocycles. The molecule has 15 heavy (non-hydrogen) atoms. The van der Waals surface area contributed by atoms with Crippen molar-refractivity contribution in [2.24, 2.45) is 0 Å². The third kappa shape index (κ3) is 3.36. The molecule has 0 amide bonds. The topological polar surface area (TPSA) is 30.0 Å². The van der Waals surface area contributed by atoms with E-state index in [-0.39, 0.29) is 5.78 Å². The van der Waals surface area contributed by atoms with Crippen LogP contribution in [0.4, 0.5) is 0 Å². The van der Waals surface area contributed by atoms with Crippen molar-refractivity contribution in [2.45, 2.75) is 13.8 Å². The second-order valence-electron chi connectivity index (χ2n) is 2.88. The van der Waals surface area contributed by atoms with Crippen molar-refractivity contribution in [3.63, 3.8) is 0 Å². The molecule has 1 rings (SSSR count). The minimum Gasteiger partial charge on any atom is -0.288 e. The number of rotatable bonds is 4. The van der Waals surface area contributed by atoms with E-state index in [1.807, 2.05) is 26.4 Å². The standard InChI is InChI=1S/C10H13NOS3/c1-6-10(15-7(2)11-6)8(12)5-9(13-3)14-4/h5H,1-4H3. The van der Waals surface area contributed by atoms with Gasteiger partial charge in [0.15, 0.2) is 5.78 Å². The molecule has 1 aromatic heterocycles. The summed E-state index contributed by atoms with van der Waals surface area (Å²) in [6.45, 7) is 3.80. The largest absolute Gasteiger partial charge is 0.288 e. The lowest BCUT2D eigenvalue weighted by molar-refractivity contribution is 0.105. The molecule has 82 valence electrons. The fourth-order valence-electron chi connectivity index (χ4n) is 1.13. The van der Waals surface area contributed by atoms with E-state index in [1.54, 1.807) is 29.6 Å². The summed E-state index contributed by atoms with van der Waals surface area (Å²) in [5.41, 5.74) is 0.834. The van der Waals surface area contributed by atoms with E-state index in [1.165, 1.54) is 11.3 Å². The highest BCUT2D eigenvalue weighted by molar-refractivity contribution is 8.21. The SMILES string of the molecule is CSC(=CC(=O)c1sc(C)nc1C)SC. The number of allylic oxidation sites excluding steroid dienone is 1. The van der Waals surface area contributed by atoms with Crippen molar-refractivity contribution in [3.05, 3.63) is 25.9 Å². The van der Waals surface area contributed by atoms with Gasteiger partial charge in [-0.25, -0.2) is 4.98 Å². The Kier molecular flexibility index (Phi) is 4.89. The van der Waals surface area contributed by atoms with Crippen LogP contribution >= 0.6 is 34.9 Å². The van der Waals surface area contributed by atoms with Gasteiger partial charge in [-0.1, -0.05) is 0 Å². The number of carbonyl (C=O) groups is 1. The van der Waals surface area contributed by atoms with E-state index in [0.29, 0.717) is 0 Å². The Labute approximate surface area is 103 Å². The molecule has 1 aromatic rings. The third-order valence-corrected chi connectivity index (χ3v) is 4.91. The van der Waals surface area contributed by atoms with Crippen LogP contribution in [0.2, 0.25) is 0 Å². The van der Waals surface area contributed by atoms with Crippen LogP contribution in [0.3, 0.4) is 0 Å². The molecule has 0 atom stereocenters. The summed E-state index contributed by atoms with van der Waals surface area (Å²) in [4.78, 5) is 16.9. The molecule has 5 heteroatoms. The van der Waals surface area contributed by atoms with Crippen LogP contribution in [-0.2, 0) is 0 Å². The van der Waals surface area contributed by atoms with Crippen LogP contribution in [0.1, 0.15) is 20.4 Å². The number of hydrogen-bond donors (Lipinski definition) is 0. The van der Waals surface area contributed by atoms with Crippen molar-refractivity contribution in [2.75, 3.05) is 12.5 Å².